The van der Waals surface area contributed by atoms with Gasteiger partial charge in [-0.2, -0.15) is 0 Å². The second-order valence-electron chi connectivity index (χ2n) is 8.53. The molecule has 2 aromatic rings. The van der Waals surface area contributed by atoms with Crippen molar-refractivity contribution in [1.82, 2.24) is 10.2 Å². The minimum Gasteiger partial charge on any atom is -0.465 e. The molecule has 1 fully saturated rings. The van der Waals surface area contributed by atoms with E-state index in [9.17, 15) is 9.59 Å². The summed E-state index contributed by atoms with van der Waals surface area (Å²) in [5, 5.41) is 3.17. The molecule has 160 valence electrons. The fourth-order valence-electron chi connectivity index (χ4n) is 4.70. The summed E-state index contributed by atoms with van der Waals surface area (Å²) in [6, 6.07) is 7.36. The maximum absolute atomic E-state index is 13.0. The lowest BCUT2D eigenvalue weighted by Gasteiger charge is -2.26. The lowest BCUT2D eigenvalue weighted by Crippen LogP contribution is -2.31. The fourth-order valence-corrected chi connectivity index (χ4v) is 4.70. The standard InChI is InChI=1S/C24H31N3O3/c1-16-21(15-19(30-16)10-13-27-11-3-2-4-12-27)24(29)26-22-7-5-6-17-14-18(23(25)28)8-9-20(17)22/h8-9,14-15,22H,2-7,10-13H2,1H3,(H2,25,28)(H,26,29). The van der Waals surface area contributed by atoms with Crippen molar-refractivity contribution < 1.29 is 14.0 Å². The number of hydrogen-bond donors (Lipinski definition) is 2. The topological polar surface area (TPSA) is 88.6 Å². The van der Waals surface area contributed by atoms with Gasteiger partial charge in [0.15, 0.2) is 0 Å². The van der Waals surface area contributed by atoms with E-state index in [2.05, 4.69) is 10.2 Å². The number of fused-ring (bicyclic) bond motifs is 1. The third-order valence-corrected chi connectivity index (χ3v) is 6.38. The predicted octanol–water partition coefficient (Wildman–Crippen LogP) is 3.52. The maximum atomic E-state index is 13.0. The Morgan fingerprint density at radius 2 is 1.97 bits per heavy atom. The highest BCUT2D eigenvalue weighted by Crippen LogP contribution is 2.31. The van der Waals surface area contributed by atoms with Gasteiger partial charge in [-0.3, -0.25) is 9.59 Å². The largest absolute Gasteiger partial charge is 0.465 e. The molecule has 0 saturated carbocycles. The number of furan rings is 1. The highest BCUT2D eigenvalue weighted by molar-refractivity contribution is 5.96. The first-order chi connectivity index (χ1) is 14.5. The second-order valence-corrected chi connectivity index (χ2v) is 8.53. The summed E-state index contributed by atoms with van der Waals surface area (Å²) in [6.07, 6.45) is 7.45. The maximum Gasteiger partial charge on any atom is 0.255 e. The average molecular weight is 410 g/mol. The van der Waals surface area contributed by atoms with Crippen molar-refractivity contribution in [2.75, 3.05) is 19.6 Å². The average Bonchev–Trinajstić information content (AvgIpc) is 3.13. The van der Waals surface area contributed by atoms with Crippen molar-refractivity contribution in [3.63, 3.8) is 0 Å². The molecule has 4 rings (SSSR count). The van der Waals surface area contributed by atoms with Gasteiger partial charge in [-0.15, -0.1) is 0 Å². The Bertz CT molecular complexity index is 928. The van der Waals surface area contributed by atoms with E-state index in [1.165, 1.54) is 19.3 Å². The zero-order valence-corrected chi connectivity index (χ0v) is 17.7. The number of nitrogens with zero attached hydrogens (tertiary/aromatic N) is 1. The SMILES string of the molecule is Cc1oc(CCN2CCCCC2)cc1C(=O)NC1CCCc2cc(C(N)=O)ccc21. The minimum atomic E-state index is -0.421. The van der Waals surface area contributed by atoms with Crippen LogP contribution in [-0.4, -0.2) is 36.3 Å². The Labute approximate surface area is 177 Å². The monoisotopic (exact) mass is 409 g/mol. The number of hydrogen-bond acceptors (Lipinski definition) is 4. The molecule has 30 heavy (non-hydrogen) atoms. The molecule has 2 aliphatic rings. The lowest BCUT2D eigenvalue weighted by atomic mass is 9.86. The van der Waals surface area contributed by atoms with Gasteiger partial charge in [0.25, 0.3) is 5.91 Å². The van der Waals surface area contributed by atoms with E-state index in [-0.39, 0.29) is 11.9 Å². The molecule has 1 unspecified atom stereocenters. The molecule has 0 radical (unpaired) electrons. The Balaban J connectivity index is 1.42. The van der Waals surface area contributed by atoms with Crippen LogP contribution in [0.2, 0.25) is 0 Å². The number of rotatable bonds is 6. The van der Waals surface area contributed by atoms with Crippen molar-refractivity contribution in [1.29, 1.82) is 0 Å². The van der Waals surface area contributed by atoms with E-state index in [1.54, 1.807) is 6.07 Å². The van der Waals surface area contributed by atoms with E-state index in [0.717, 1.165) is 62.2 Å². The van der Waals surface area contributed by atoms with E-state index >= 15 is 0 Å². The number of nitrogens with two attached hydrogens (primary N) is 1. The molecule has 1 saturated heterocycles. The summed E-state index contributed by atoms with van der Waals surface area (Å²) in [5.74, 6) is 1.02. The van der Waals surface area contributed by atoms with Crippen LogP contribution in [0.15, 0.2) is 28.7 Å². The fraction of sp³-hybridized carbons (Fsp3) is 0.500. The first-order valence-electron chi connectivity index (χ1n) is 11.1. The van der Waals surface area contributed by atoms with Crippen LogP contribution in [0.5, 0.6) is 0 Å². The van der Waals surface area contributed by atoms with Crippen molar-refractivity contribution >= 4 is 11.8 Å². The quantitative estimate of drug-likeness (QED) is 0.764. The van der Waals surface area contributed by atoms with Gasteiger partial charge in [0.2, 0.25) is 5.91 Å². The van der Waals surface area contributed by atoms with Crippen molar-refractivity contribution in [3.8, 4) is 0 Å². The van der Waals surface area contributed by atoms with E-state index in [1.807, 2.05) is 25.1 Å². The molecule has 1 aliphatic heterocycles. The van der Waals surface area contributed by atoms with Crippen LogP contribution in [0, 0.1) is 6.92 Å². The van der Waals surface area contributed by atoms with Gasteiger partial charge in [0.1, 0.15) is 11.5 Å². The van der Waals surface area contributed by atoms with Gasteiger partial charge < -0.3 is 20.4 Å². The highest BCUT2D eigenvalue weighted by Gasteiger charge is 2.25. The molecular weight excluding hydrogens is 378 g/mol. The zero-order chi connectivity index (χ0) is 21.1. The molecule has 2 amide bonds. The van der Waals surface area contributed by atoms with Crippen LogP contribution < -0.4 is 11.1 Å². The van der Waals surface area contributed by atoms with E-state index < -0.39 is 5.91 Å². The first-order valence-corrected chi connectivity index (χ1v) is 11.1. The van der Waals surface area contributed by atoms with E-state index in [0.29, 0.717) is 16.9 Å². The molecule has 1 aliphatic carbocycles. The molecule has 0 spiro atoms. The van der Waals surface area contributed by atoms with Crippen LogP contribution in [0.3, 0.4) is 0 Å². The van der Waals surface area contributed by atoms with Crippen LogP contribution in [0.25, 0.3) is 0 Å². The normalized spacial score (nSPS) is 19.3. The number of piperidine rings is 1. The van der Waals surface area contributed by atoms with Crippen LogP contribution in [0.1, 0.15) is 81.5 Å². The van der Waals surface area contributed by atoms with Crippen molar-refractivity contribution in [2.45, 2.75) is 57.9 Å². The smallest absolute Gasteiger partial charge is 0.255 e. The van der Waals surface area contributed by atoms with E-state index in [4.69, 9.17) is 10.2 Å². The molecular formula is C24H31N3O3. The molecule has 0 bridgehead atoms. The highest BCUT2D eigenvalue weighted by atomic mass is 16.3. The third kappa shape index (κ3) is 4.59. The summed E-state index contributed by atoms with van der Waals surface area (Å²) < 4.78 is 5.89. The summed E-state index contributed by atoms with van der Waals surface area (Å²) >= 11 is 0. The van der Waals surface area contributed by atoms with Crippen LogP contribution >= 0.6 is 0 Å². The Hall–Kier alpha value is -2.60. The molecule has 1 aromatic carbocycles. The first kappa shape index (κ1) is 20.7. The number of likely N-dealkylation sites (tertiary alicyclic amines) is 1. The molecule has 3 N–H and O–H groups in total. The van der Waals surface area contributed by atoms with Gasteiger partial charge in [0, 0.05) is 18.5 Å². The van der Waals surface area contributed by atoms with Crippen molar-refractivity contribution in [3.05, 3.63) is 58.0 Å². The molecule has 6 nitrogen and oxygen atoms in total. The summed E-state index contributed by atoms with van der Waals surface area (Å²) in [7, 11) is 0. The minimum absolute atomic E-state index is 0.0609. The van der Waals surface area contributed by atoms with Gasteiger partial charge in [-0.1, -0.05) is 12.5 Å². The number of amides is 2. The lowest BCUT2D eigenvalue weighted by molar-refractivity contribution is 0.0929. The van der Waals surface area contributed by atoms with Crippen LogP contribution in [-0.2, 0) is 12.8 Å². The van der Waals surface area contributed by atoms with Gasteiger partial charge in [-0.05, 0) is 81.4 Å². The molecule has 6 heteroatoms. The number of benzene rings is 1. The number of carbonyl (C=O) groups excluding carboxylic acids is 2. The van der Waals surface area contributed by atoms with Crippen LogP contribution in [0.4, 0.5) is 0 Å². The van der Waals surface area contributed by atoms with Crippen molar-refractivity contribution in [2.24, 2.45) is 5.73 Å². The Morgan fingerprint density at radius 1 is 1.17 bits per heavy atom. The predicted molar refractivity (Wildman–Crippen MR) is 116 cm³/mol. The molecule has 2 heterocycles. The molecule has 1 atom stereocenters. The number of nitrogens with one attached hydrogen (secondary N) is 1. The number of primary amides is 1. The Morgan fingerprint density at radius 3 is 2.73 bits per heavy atom. The summed E-state index contributed by atoms with van der Waals surface area (Å²) in [5.41, 5.74) is 8.71. The second kappa shape index (κ2) is 9.04. The zero-order valence-electron chi connectivity index (χ0n) is 17.7. The molecule has 1 aromatic heterocycles. The van der Waals surface area contributed by atoms with Gasteiger partial charge in [-0.25, -0.2) is 0 Å². The van der Waals surface area contributed by atoms with Gasteiger partial charge >= 0.3 is 0 Å². The Kier molecular flexibility index (Phi) is 6.23. The number of carbonyl (C=O) groups is 2. The summed E-state index contributed by atoms with van der Waals surface area (Å²) in [4.78, 5) is 26.9. The van der Waals surface area contributed by atoms with Gasteiger partial charge in [0.05, 0.1) is 11.6 Å². The third-order valence-electron chi connectivity index (χ3n) is 6.38. The number of aryl methyl sites for hydroxylation is 2. The summed E-state index contributed by atoms with van der Waals surface area (Å²) in [6.45, 7) is 5.15.